The molecule has 1 aliphatic heterocycles. The summed E-state index contributed by atoms with van der Waals surface area (Å²) in [6.07, 6.45) is 3.23. The van der Waals surface area contributed by atoms with E-state index in [-0.39, 0.29) is 16.8 Å². The minimum Gasteiger partial charge on any atom is -0.494 e. The van der Waals surface area contributed by atoms with Gasteiger partial charge in [-0.25, -0.2) is 0 Å². The molecule has 7 nitrogen and oxygen atoms in total. The van der Waals surface area contributed by atoms with Crippen LogP contribution in [0.25, 0.3) is 11.0 Å². The molecule has 1 aliphatic rings. The highest BCUT2D eigenvalue weighted by molar-refractivity contribution is 7.15. The molecule has 1 atom stereocenters. The quantitative estimate of drug-likeness (QED) is 0.295. The van der Waals surface area contributed by atoms with Gasteiger partial charge in [-0.05, 0) is 49.2 Å². The summed E-state index contributed by atoms with van der Waals surface area (Å²) in [6.45, 7) is 4.60. The molecule has 0 N–H and O–H groups in total. The summed E-state index contributed by atoms with van der Waals surface area (Å²) >= 11 is 7.42. The predicted octanol–water partition coefficient (Wildman–Crippen LogP) is 5.93. The smallest absolute Gasteiger partial charge is 0.297 e. The van der Waals surface area contributed by atoms with Gasteiger partial charge in [0.05, 0.1) is 23.6 Å². The molecule has 5 rings (SSSR count). The summed E-state index contributed by atoms with van der Waals surface area (Å²) < 4.78 is 11.8. The Labute approximate surface area is 204 Å². The fourth-order valence-corrected chi connectivity index (χ4v) is 5.02. The number of hydrogen-bond donors (Lipinski definition) is 0. The lowest BCUT2D eigenvalue weighted by molar-refractivity contribution is 0.0970. The van der Waals surface area contributed by atoms with Crippen LogP contribution in [0, 0.1) is 6.92 Å². The zero-order valence-electron chi connectivity index (χ0n) is 18.7. The second-order valence-corrected chi connectivity index (χ2v) is 9.72. The monoisotopic (exact) mass is 495 g/mol. The third kappa shape index (κ3) is 3.97. The number of hydrogen-bond acceptors (Lipinski definition) is 7. The van der Waals surface area contributed by atoms with E-state index in [2.05, 4.69) is 17.1 Å². The fourth-order valence-electron chi connectivity index (χ4n) is 4.13. The second-order valence-electron chi connectivity index (χ2n) is 8.12. The van der Waals surface area contributed by atoms with Crippen molar-refractivity contribution in [2.75, 3.05) is 11.5 Å². The average Bonchev–Trinajstić information content (AvgIpc) is 3.38. The molecule has 0 fully saturated rings. The van der Waals surface area contributed by atoms with Gasteiger partial charge in [0.2, 0.25) is 10.9 Å². The first-order valence-corrected chi connectivity index (χ1v) is 12.3. The first-order chi connectivity index (χ1) is 16.5. The lowest BCUT2D eigenvalue weighted by Crippen LogP contribution is -2.29. The van der Waals surface area contributed by atoms with Gasteiger partial charge in [0.25, 0.3) is 5.91 Å². The van der Waals surface area contributed by atoms with Crippen molar-refractivity contribution >= 4 is 44.9 Å². The summed E-state index contributed by atoms with van der Waals surface area (Å²) in [5.41, 5.74) is 1.03. The van der Waals surface area contributed by atoms with Gasteiger partial charge in [-0.15, -0.1) is 10.2 Å². The average molecular weight is 496 g/mol. The number of halogens is 1. The number of aromatic nitrogens is 2. The van der Waals surface area contributed by atoms with E-state index in [0.717, 1.165) is 30.6 Å². The molecular formula is C25H22ClN3O4S. The lowest BCUT2D eigenvalue weighted by atomic mass is 9.98. The van der Waals surface area contributed by atoms with Crippen molar-refractivity contribution in [1.82, 2.24) is 10.2 Å². The molecule has 0 saturated carbocycles. The van der Waals surface area contributed by atoms with Crippen molar-refractivity contribution in [1.29, 1.82) is 0 Å². The van der Waals surface area contributed by atoms with E-state index in [0.29, 0.717) is 32.7 Å². The van der Waals surface area contributed by atoms with E-state index < -0.39 is 11.9 Å². The number of unbranched alkanes of at least 4 members (excludes halogenated alkanes) is 2. The molecule has 1 unspecified atom stereocenters. The van der Waals surface area contributed by atoms with E-state index in [1.807, 2.05) is 31.2 Å². The molecule has 34 heavy (non-hydrogen) atoms. The van der Waals surface area contributed by atoms with Gasteiger partial charge < -0.3 is 9.15 Å². The van der Waals surface area contributed by atoms with Crippen molar-refractivity contribution in [3.8, 4) is 5.75 Å². The van der Waals surface area contributed by atoms with Crippen LogP contribution in [0.15, 0.2) is 51.7 Å². The van der Waals surface area contributed by atoms with Crippen molar-refractivity contribution < 1.29 is 13.9 Å². The van der Waals surface area contributed by atoms with Crippen LogP contribution in [0.4, 0.5) is 5.13 Å². The number of carbonyl (C=O) groups is 1. The number of carbonyl (C=O) groups excluding carboxylic acids is 1. The second kappa shape index (κ2) is 9.19. The number of fused-ring (bicyclic) bond motifs is 2. The number of amides is 1. The highest BCUT2D eigenvalue weighted by atomic mass is 35.5. The molecule has 2 aromatic carbocycles. The topological polar surface area (TPSA) is 85.5 Å². The van der Waals surface area contributed by atoms with Crippen LogP contribution >= 0.6 is 22.9 Å². The minimum atomic E-state index is -0.705. The summed E-state index contributed by atoms with van der Waals surface area (Å²) in [5, 5.41) is 10.1. The van der Waals surface area contributed by atoms with Crippen LogP contribution in [-0.2, 0) is 0 Å². The number of benzene rings is 2. The van der Waals surface area contributed by atoms with Gasteiger partial charge in [-0.1, -0.05) is 54.8 Å². The maximum atomic E-state index is 13.6. The van der Waals surface area contributed by atoms with Crippen LogP contribution < -0.4 is 15.1 Å². The van der Waals surface area contributed by atoms with Crippen LogP contribution in [-0.4, -0.2) is 22.7 Å². The number of aryl methyl sites for hydroxylation is 1. The fraction of sp³-hybridized carbons (Fsp3) is 0.280. The highest BCUT2D eigenvalue weighted by Gasteiger charge is 2.45. The Balaban J connectivity index is 1.61. The Morgan fingerprint density at radius 3 is 2.62 bits per heavy atom. The first kappa shape index (κ1) is 22.6. The maximum Gasteiger partial charge on any atom is 0.297 e. The van der Waals surface area contributed by atoms with E-state index in [9.17, 15) is 9.59 Å². The summed E-state index contributed by atoms with van der Waals surface area (Å²) in [4.78, 5) is 28.6. The standard InChI is InChI=1S/C25H22ClN3O4S/c1-3-4-5-12-32-17-9-6-15(7-10-17)21-20-22(30)18-13-16(26)8-11-19(18)33-23(20)24(31)29(21)25-28-27-14(2)34-25/h6-11,13,21H,3-5,12H2,1-2H3. The Kier molecular flexibility index (Phi) is 6.10. The largest absolute Gasteiger partial charge is 0.494 e. The summed E-state index contributed by atoms with van der Waals surface area (Å²) in [6, 6.07) is 11.5. The lowest BCUT2D eigenvalue weighted by Gasteiger charge is -2.22. The molecule has 174 valence electrons. The van der Waals surface area contributed by atoms with Gasteiger partial charge in [-0.2, -0.15) is 0 Å². The van der Waals surface area contributed by atoms with Gasteiger partial charge in [0.1, 0.15) is 16.3 Å². The van der Waals surface area contributed by atoms with E-state index in [1.165, 1.54) is 16.2 Å². The number of anilines is 1. The predicted molar refractivity (Wildman–Crippen MR) is 132 cm³/mol. The molecule has 4 aromatic rings. The first-order valence-electron chi connectivity index (χ1n) is 11.1. The maximum absolute atomic E-state index is 13.6. The number of ether oxygens (including phenoxy) is 1. The molecular weight excluding hydrogens is 474 g/mol. The molecule has 9 heteroatoms. The third-order valence-corrected chi connectivity index (χ3v) is 6.84. The van der Waals surface area contributed by atoms with Crippen LogP contribution in [0.3, 0.4) is 0 Å². The molecule has 3 heterocycles. The molecule has 2 aromatic heterocycles. The van der Waals surface area contributed by atoms with Gasteiger partial charge in [-0.3, -0.25) is 14.5 Å². The molecule has 0 aliphatic carbocycles. The molecule has 0 spiro atoms. The minimum absolute atomic E-state index is 0.0116. The Morgan fingerprint density at radius 2 is 1.91 bits per heavy atom. The number of nitrogens with zero attached hydrogens (tertiary/aromatic N) is 3. The van der Waals surface area contributed by atoms with Crippen LogP contribution in [0.1, 0.15) is 58.9 Å². The van der Waals surface area contributed by atoms with E-state index in [1.54, 1.807) is 18.2 Å². The van der Waals surface area contributed by atoms with Crippen molar-refractivity contribution in [3.05, 3.63) is 79.6 Å². The normalized spacial score (nSPS) is 15.2. The zero-order valence-corrected chi connectivity index (χ0v) is 20.3. The molecule has 0 bridgehead atoms. The Hall–Kier alpha value is -3.23. The Bertz CT molecular complexity index is 1430. The summed E-state index contributed by atoms with van der Waals surface area (Å²) in [5.74, 6) is 0.322. The van der Waals surface area contributed by atoms with E-state index in [4.69, 9.17) is 20.8 Å². The van der Waals surface area contributed by atoms with Gasteiger partial charge in [0.15, 0.2) is 5.43 Å². The SMILES string of the molecule is CCCCCOc1ccc(C2c3c(oc4ccc(Cl)cc4c3=O)C(=O)N2c2nnc(C)s2)cc1. The van der Waals surface area contributed by atoms with Crippen molar-refractivity contribution in [3.63, 3.8) is 0 Å². The van der Waals surface area contributed by atoms with Crippen molar-refractivity contribution in [2.24, 2.45) is 0 Å². The third-order valence-electron chi connectivity index (χ3n) is 5.77. The van der Waals surface area contributed by atoms with Crippen LogP contribution in [0.2, 0.25) is 5.02 Å². The molecule has 0 radical (unpaired) electrons. The highest BCUT2D eigenvalue weighted by Crippen LogP contribution is 2.42. The van der Waals surface area contributed by atoms with Crippen molar-refractivity contribution in [2.45, 2.75) is 39.2 Å². The molecule has 0 saturated heterocycles. The Morgan fingerprint density at radius 1 is 1.12 bits per heavy atom. The van der Waals surface area contributed by atoms with Crippen LogP contribution in [0.5, 0.6) is 5.75 Å². The van der Waals surface area contributed by atoms with E-state index >= 15 is 0 Å². The zero-order chi connectivity index (χ0) is 23.8. The molecule has 1 amide bonds. The summed E-state index contributed by atoms with van der Waals surface area (Å²) in [7, 11) is 0. The van der Waals surface area contributed by atoms with Gasteiger partial charge >= 0.3 is 0 Å². The number of rotatable bonds is 7. The van der Waals surface area contributed by atoms with Gasteiger partial charge in [0, 0.05) is 5.02 Å².